The Balaban J connectivity index is 4.32. The quantitative estimate of drug-likeness (QED) is 0.0156. The summed E-state index contributed by atoms with van der Waals surface area (Å²) in [5.74, 6) is -0.753. The van der Waals surface area contributed by atoms with Gasteiger partial charge >= 0.3 is 19.8 Å². The Morgan fingerprint density at radius 3 is 1.81 bits per heavy atom. The molecule has 11 heteroatoms. The van der Waals surface area contributed by atoms with E-state index in [9.17, 15) is 23.8 Å². The Bertz CT molecular complexity index is 1180. The van der Waals surface area contributed by atoms with Gasteiger partial charge in [-0.1, -0.05) is 126 Å². The van der Waals surface area contributed by atoms with Gasteiger partial charge in [0, 0.05) is 25.8 Å². The van der Waals surface area contributed by atoms with Crippen LogP contribution in [0.1, 0.15) is 149 Å². The molecule has 0 saturated heterocycles. The molecule has 0 fully saturated rings. The Morgan fingerprint density at radius 2 is 1.19 bits per heavy atom. The number of hydrogen-bond acceptors (Lipinski definition) is 9. The smallest absolute Gasteiger partial charge is 0.462 e. The van der Waals surface area contributed by atoms with Gasteiger partial charge in [0.05, 0.1) is 13.2 Å². The highest BCUT2D eigenvalue weighted by atomic mass is 31.2. The Morgan fingerprint density at radius 1 is 0.630 bits per heavy atom. The van der Waals surface area contributed by atoms with Crippen LogP contribution in [0.3, 0.4) is 0 Å². The average molecular weight is 778 g/mol. The predicted molar refractivity (Wildman–Crippen MR) is 220 cm³/mol. The maximum Gasteiger partial charge on any atom is 0.472 e. The number of ketones is 1. The second-order valence-corrected chi connectivity index (χ2v) is 14.6. The van der Waals surface area contributed by atoms with Crippen LogP contribution in [0.15, 0.2) is 72.9 Å². The third-order valence-corrected chi connectivity index (χ3v) is 9.04. The van der Waals surface area contributed by atoms with Gasteiger partial charge in [0.1, 0.15) is 6.61 Å². The van der Waals surface area contributed by atoms with Crippen LogP contribution in [-0.2, 0) is 37.5 Å². The van der Waals surface area contributed by atoms with Crippen molar-refractivity contribution in [3.8, 4) is 0 Å². The molecule has 0 aliphatic heterocycles. The highest BCUT2D eigenvalue weighted by Gasteiger charge is 2.26. The molecular weight excluding hydrogens is 705 g/mol. The number of ether oxygens (including phenoxy) is 2. The number of hydrogen-bond donors (Lipinski definition) is 2. The summed E-state index contributed by atoms with van der Waals surface area (Å²) in [7, 11) is -4.40. The number of allylic oxidation sites excluding steroid dienone is 12. The third-order valence-electron chi connectivity index (χ3n) is 8.05. The maximum absolute atomic E-state index is 12.6. The van der Waals surface area contributed by atoms with Gasteiger partial charge in [0.2, 0.25) is 0 Å². The van der Waals surface area contributed by atoms with Crippen molar-refractivity contribution in [2.75, 3.05) is 26.4 Å². The first-order chi connectivity index (χ1) is 26.2. The van der Waals surface area contributed by atoms with Crippen LogP contribution in [0.25, 0.3) is 0 Å². The molecule has 54 heavy (non-hydrogen) atoms. The van der Waals surface area contributed by atoms with Crippen molar-refractivity contribution < 1.29 is 42.4 Å². The van der Waals surface area contributed by atoms with E-state index in [-0.39, 0.29) is 38.4 Å². The van der Waals surface area contributed by atoms with Crippen molar-refractivity contribution in [3.05, 3.63) is 72.9 Å². The summed E-state index contributed by atoms with van der Waals surface area (Å²) in [6, 6.07) is 0. The van der Waals surface area contributed by atoms with Crippen LogP contribution in [0.2, 0.25) is 0 Å². The van der Waals surface area contributed by atoms with E-state index < -0.39 is 32.5 Å². The number of phosphoric ester groups is 1. The second-order valence-electron chi connectivity index (χ2n) is 13.2. The van der Waals surface area contributed by atoms with Crippen LogP contribution in [0.4, 0.5) is 0 Å². The molecule has 0 amide bonds. The molecule has 0 heterocycles. The summed E-state index contributed by atoms with van der Waals surface area (Å²) in [5.41, 5.74) is 5.33. The molecule has 0 bridgehead atoms. The summed E-state index contributed by atoms with van der Waals surface area (Å²) < 4.78 is 32.6. The summed E-state index contributed by atoms with van der Waals surface area (Å²) in [6.45, 7) is 3.35. The average Bonchev–Trinajstić information content (AvgIpc) is 3.15. The van der Waals surface area contributed by atoms with Gasteiger partial charge < -0.3 is 20.1 Å². The van der Waals surface area contributed by atoms with E-state index in [1.807, 2.05) is 12.2 Å². The minimum Gasteiger partial charge on any atom is -0.462 e. The molecule has 1 unspecified atom stereocenters. The Kier molecular flexibility index (Phi) is 36.3. The summed E-state index contributed by atoms with van der Waals surface area (Å²) in [5, 5.41) is 0. The van der Waals surface area contributed by atoms with Crippen molar-refractivity contribution in [1.29, 1.82) is 0 Å². The lowest BCUT2D eigenvalue weighted by atomic mass is 10.1. The summed E-state index contributed by atoms with van der Waals surface area (Å²) in [4.78, 5) is 46.5. The largest absolute Gasteiger partial charge is 0.472 e. The van der Waals surface area contributed by atoms with E-state index in [1.165, 1.54) is 0 Å². The first kappa shape index (κ1) is 51.1. The maximum atomic E-state index is 12.6. The molecule has 0 aromatic rings. The molecule has 0 radical (unpaired) electrons. The van der Waals surface area contributed by atoms with Gasteiger partial charge in [-0.2, -0.15) is 0 Å². The first-order valence-corrected chi connectivity index (χ1v) is 21.9. The molecule has 308 valence electrons. The minimum atomic E-state index is -4.40. The lowest BCUT2D eigenvalue weighted by molar-refractivity contribution is -0.161. The topological polar surface area (TPSA) is 151 Å². The second kappa shape index (κ2) is 38.4. The fraction of sp³-hybridized carbons (Fsp3) is 0.651. The van der Waals surface area contributed by atoms with Crippen molar-refractivity contribution in [2.24, 2.45) is 5.73 Å². The van der Waals surface area contributed by atoms with E-state index >= 15 is 0 Å². The molecule has 0 aromatic carbocycles. The zero-order valence-electron chi connectivity index (χ0n) is 33.4. The van der Waals surface area contributed by atoms with Gasteiger partial charge in [0.15, 0.2) is 11.9 Å². The number of nitrogens with two attached hydrogens (primary N) is 1. The molecule has 0 aliphatic rings. The number of esters is 2. The highest BCUT2D eigenvalue weighted by Crippen LogP contribution is 2.43. The number of unbranched alkanes of at least 4 members (excludes halogenated alkanes) is 11. The molecule has 3 N–H and O–H groups in total. The van der Waals surface area contributed by atoms with Crippen molar-refractivity contribution >= 4 is 25.5 Å². The van der Waals surface area contributed by atoms with E-state index in [0.717, 1.165) is 103 Å². The fourth-order valence-electron chi connectivity index (χ4n) is 5.02. The van der Waals surface area contributed by atoms with Gasteiger partial charge in [-0.15, -0.1) is 0 Å². The van der Waals surface area contributed by atoms with Gasteiger partial charge in [-0.25, -0.2) is 4.57 Å². The number of carbonyl (C=O) groups is 3. The Labute approximate surface area is 327 Å². The van der Waals surface area contributed by atoms with Crippen molar-refractivity contribution in [1.82, 2.24) is 0 Å². The number of phosphoric acid groups is 1. The predicted octanol–water partition coefficient (Wildman–Crippen LogP) is 10.7. The van der Waals surface area contributed by atoms with Crippen molar-refractivity contribution in [2.45, 2.75) is 155 Å². The third kappa shape index (κ3) is 37.4. The Hall–Kier alpha value is -2.88. The molecule has 0 aromatic heterocycles. The lowest BCUT2D eigenvalue weighted by Crippen LogP contribution is -2.29. The highest BCUT2D eigenvalue weighted by molar-refractivity contribution is 7.47. The first-order valence-electron chi connectivity index (χ1n) is 20.4. The standard InChI is InChI=1S/C43H72NO9P/c1-3-5-7-8-9-10-11-12-13-14-15-16-17-20-24-27-31-35-43(47)53-41(39-52-54(48,49)51-37-36-44)38-50-42(46)34-30-26-23-21-18-19-22-25-29-33-40(45)32-28-6-4-2/h5,7,9-10,12-13,15-16,22,25,29,33,41H,3-4,6,8,11,14,17-21,23-24,26-28,30-32,34-39,44H2,1-2H3,(H,48,49)/b7-5-,10-9-,13-12-,16-15-,25-22-,33-29+/t41-/m1/s1. The molecule has 10 nitrogen and oxygen atoms in total. The van der Waals surface area contributed by atoms with Gasteiger partial charge in [0.25, 0.3) is 0 Å². The van der Waals surface area contributed by atoms with E-state index in [4.69, 9.17) is 24.3 Å². The van der Waals surface area contributed by atoms with Crippen molar-refractivity contribution in [3.63, 3.8) is 0 Å². The SMILES string of the molecule is CC/C=C\C/C=C\C/C=C\C/C=C\CCCCCCC(=O)O[C@H](COC(=O)CCCCCCC/C=C\C=C\C(=O)CCCCC)COP(=O)(O)OCCN. The van der Waals surface area contributed by atoms with Crippen LogP contribution in [-0.4, -0.2) is 55.1 Å². The zero-order valence-corrected chi connectivity index (χ0v) is 34.3. The molecular formula is C43H72NO9P. The summed E-state index contributed by atoms with van der Waals surface area (Å²) >= 11 is 0. The molecule has 0 aliphatic carbocycles. The summed E-state index contributed by atoms with van der Waals surface area (Å²) in [6.07, 6.45) is 42.0. The molecule has 0 spiro atoms. The monoisotopic (exact) mass is 777 g/mol. The van der Waals surface area contributed by atoms with Gasteiger partial charge in [-0.05, 0) is 76.7 Å². The number of carbonyl (C=O) groups excluding carboxylic acids is 3. The normalized spacial score (nSPS) is 14.0. The molecule has 0 saturated carbocycles. The minimum absolute atomic E-state index is 0.0322. The van der Waals surface area contributed by atoms with Crippen LogP contribution < -0.4 is 5.73 Å². The lowest BCUT2D eigenvalue weighted by Gasteiger charge is -2.19. The van der Waals surface area contributed by atoms with E-state index in [2.05, 4.69) is 68.5 Å². The molecule has 0 rings (SSSR count). The molecule has 2 atom stereocenters. The fourth-order valence-corrected chi connectivity index (χ4v) is 5.78. The van der Waals surface area contributed by atoms with Crippen LogP contribution >= 0.6 is 7.82 Å². The van der Waals surface area contributed by atoms with Crippen LogP contribution in [0.5, 0.6) is 0 Å². The van der Waals surface area contributed by atoms with E-state index in [1.54, 1.807) is 6.08 Å². The van der Waals surface area contributed by atoms with E-state index in [0.29, 0.717) is 19.3 Å². The number of rotatable bonds is 37. The van der Waals surface area contributed by atoms with Gasteiger partial charge in [-0.3, -0.25) is 23.4 Å². The van der Waals surface area contributed by atoms with Crippen LogP contribution in [0, 0.1) is 0 Å². The zero-order chi connectivity index (χ0) is 39.8.